The Morgan fingerprint density at radius 1 is 0.875 bits per heavy atom. The average Bonchev–Trinajstić information content (AvgIpc) is 3.03. The largest absolute Gasteiger partial charge is 0.144 e. The molecule has 2 aromatic heterocycles. The monoisotopic (exact) mass is 280 g/mol. The number of hydrogen-bond donors (Lipinski definition) is 0. The summed E-state index contributed by atoms with van der Waals surface area (Å²) in [5.74, 6) is 0. The van der Waals surface area contributed by atoms with Crippen LogP contribution in [0.4, 0.5) is 0 Å². The van der Waals surface area contributed by atoms with E-state index in [9.17, 15) is 0 Å². The summed E-state index contributed by atoms with van der Waals surface area (Å²) in [5.41, 5.74) is 1.36. The summed E-state index contributed by atoms with van der Waals surface area (Å²) in [6.07, 6.45) is 2.22. The van der Waals surface area contributed by atoms with Crippen LogP contribution in [0.15, 0.2) is 46.5 Å². The Hall–Kier alpha value is -0.420. The molecule has 0 spiro atoms. The van der Waals surface area contributed by atoms with Crippen molar-refractivity contribution >= 4 is 54.7 Å². The van der Waals surface area contributed by atoms with Crippen LogP contribution in [0.3, 0.4) is 0 Å². The number of thiophene rings is 2. The van der Waals surface area contributed by atoms with Crippen molar-refractivity contribution in [2.24, 2.45) is 0 Å². The van der Waals surface area contributed by atoms with Crippen LogP contribution in [-0.2, 0) is 0 Å². The molecule has 0 aliphatic carbocycles. The minimum Gasteiger partial charge on any atom is -0.144 e. The van der Waals surface area contributed by atoms with E-state index < -0.39 is 0 Å². The summed E-state index contributed by atoms with van der Waals surface area (Å²) in [4.78, 5) is 4.11. The van der Waals surface area contributed by atoms with Gasteiger partial charge in [-0.05, 0) is 34.4 Å². The summed E-state index contributed by atoms with van der Waals surface area (Å²) >= 11 is 3.61. The van der Waals surface area contributed by atoms with Gasteiger partial charge in [0.2, 0.25) is 0 Å². The highest BCUT2D eigenvalue weighted by Gasteiger charge is 2.14. The van der Waals surface area contributed by atoms with Gasteiger partial charge in [0.15, 0.2) is 0 Å². The fraction of sp³-hybridized carbons (Fsp3) is 0. The molecule has 0 nitrogen and oxygen atoms in total. The molecular formula is C12H8S4. The quantitative estimate of drug-likeness (QED) is 0.658. The molecule has 3 rings (SSSR count). The smallest absolute Gasteiger partial charge is 0.0445 e. The zero-order chi connectivity index (χ0) is 10.8. The topological polar surface area (TPSA) is 0 Å². The van der Waals surface area contributed by atoms with Gasteiger partial charge in [-0.3, -0.25) is 0 Å². The van der Waals surface area contributed by atoms with Crippen molar-refractivity contribution in [2.45, 2.75) is 0 Å². The van der Waals surface area contributed by atoms with Crippen LogP contribution < -0.4 is 0 Å². The first-order chi connectivity index (χ1) is 7.95. The fourth-order valence-corrected chi connectivity index (χ4v) is 5.35. The summed E-state index contributed by atoms with van der Waals surface area (Å²) < 4.78 is 0. The molecule has 0 N–H and O–H groups in total. The van der Waals surface area contributed by atoms with Crippen molar-refractivity contribution in [3.8, 4) is 0 Å². The van der Waals surface area contributed by atoms with Crippen LogP contribution in [0.2, 0.25) is 0 Å². The second kappa shape index (κ2) is 4.84. The Labute approximate surface area is 110 Å². The predicted molar refractivity (Wildman–Crippen MR) is 79.8 cm³/mol. The van der Waals surface area contributed by atoms with Gasteiger partial charge in [0.25, 0.3) is 0 Å². The molecule has 80 valence electrons. The van der Waals surface area contributed by atoms with Crippen LogP contribution >= 0.6 is 44.3 Å². The Kier molecular flexibility index (Phi) is 3.24. The standard InChI is InChI=1S/C12H8S4/c1-3-10(13-6-1)9-5-8-15-16-12(9)11-4-2-7-14-11/h1-8H. The van der Waals surface area contributed by atoms with E-state index in [1.807, 2.05) is 22.1 Å². The van der Waals surface area contributed by atoms with E-state index >= 15 is 0 Å². The van der Waals surface area contributed by atoms with E-state index in [0.29, 0.717) is 0 Å². The molecule has 4 heteroatoms. The van der Waals surface area contributed by atoms with Gasteiger partial charge in [-0.2, -0.15) is 0 Å². The molecule has 1 aliphatic heterocycles. The van der Waals surface area contributed by atoms with E-state index in [0.717, 1.165) is 0 Å². The van der Waals surface area contributed by atoms with Crippen LogP contribution in [0.5, 0.6) is 0 Å². The molecule has 0 atom stereocenters. The zero-order valence-electron chi connectivity index (χ0n) is 8.25. The maximum atomic E-state index is 2.22. The third-order valence-electron chi connectivity index (χ3n) is 2.20. The van der Waals surface area contributed by atoms with Crippen molar-refractivity contribution in [3.63, 3.8) is 0 Å². The number of hydrogen-bond acceptors (Lipinski definition) is 4. The zero-order valence-corrected chi connectivity index (χ0v) is 11.5. The first-order valence-electron chi connectivity index (χ1n) is 4.77. The minimum absolute atomic E-state index is 1.35. The second-order valence-electron chi connectivity index (χ2n) is 3.18. The van der Waals surface area contributed by atoms with Gasteiger partial charge in [0.05, 0.1) is 0 Å². The fourth-order valence-electron chi connectivity index (χ4n) is 1.50. The molecule has 1 aliphatic rings. The molecular weight excluding hydrogens is 272 g/mol. The minimum atomic E-state index is 1.35. The normalized spacial score (nSPS) is 15.8. The molecule has 0 saturated carbocycles. The first kappa shape index (κ1) is 10.7. The van der Waals surface area contributed by atoms with Crippen LogP contribution in [0.25, 0.3) is 10.5 Å². The van der Waals surface area contributed by atoms with E-state index in [4.69, 9.17) is 0 Å². The van der Waals surface area contributed by atoms with Crippen molar-refractivity contribution in [3.05, 3.63) is 56.3 Å². The molecule has 0 aromatic carbocycles. The molecule has 16 heavy (non-hydrogen) atoms. The summed E-state index contributed by atoms with van der Waals surface area (Å²) in [6.45, 7) is 0. The van der Waals surface area contributed by atoms with E-state index in [-0.39, 0.29) is 0 Å². The van der Waals surface area contributed by atoms with Gasteiger partial charge >= 0.3 is 0 Å². The number of rotatable bonds is 2. The lowest BCUT2D eigenvalue weighted by Gasteiger charge is -2.12. The first-order valence-corrected chi connectivity index (χ1v) is 8.74. The van der Waals surface area contributed by atoms with Crippen molar-refractivity contribution < 1.29 is 0 Å². The molecule has 3 heterocycles. The highest BCUT2D eigenvalue weighted by atomic mass is 33.1. The Morgan fingerprint density at radius 2 is 1.62 bits per heavy atom. The van der Waals surface area contributed by atoms with Gasteiger partial charge in [-0.25, -0.2) is 0 Å². The highest BCUT2D eigenvalue weighted by Crippen LogP contribution is 2.48. The van der Waals surface area contributed by atoms with Gasteiger partial charge in [-0.1, -0.05) is 33.7 Å². The Balaban J connectivity index is 2.13. The van der Waals surface area contributed by atoms with Crippen molar-refractivity contribution in [1.82, 2.24) is 0 Å². The lowest BCUT2D eigenvalue weighted by molar-refractivity contribution is 1.85. The second-order valence-corrected chi connectivity index (χ2v) is 7.19. The van der Waals surface area contributed by atoms with E-state index in [2.05, 4.69) is 46.5 Å². The molecule has 0 radical (unpaired) electrons. The van der Waals surface area contributed by atoms with Crippen molar-refractivity contribution in [1.29, 1.82) is 0 Å². The third-order valence-corrected chi connectivity index (χ3v) is 6.19. The molecule has 0 unspecified atom stereocenters. The van der Waals surface area contributed by atoms with Crippen molar-refractivity contribution in [2.75, 3.05) is 0 Å². The molecule has 0 amide bonds. The average molecular weight is 280 g/mol. The maximum Gasteiger partial charge on any atom is 0.0445 e. The summed E-state index contributed by atoms with van der Waals surface area (Å²) in [7, 11) is 3.65. The van der Waals surface area contributed by atoms with E-state index in [1.54, 1.807) is 22.1 Å². The van der Waals surface area contributed by atoms with Gasteiger partial charge in [0.1, 0.15) is 0 Å². The molecule has 0 saturated heterocycles. The molecule has 0 fully saturated rings. The van der Waals surface area contributed by atoms with Crippen LogP contribution in [0, 0.1) is 0 Å². The van der Waals surface area contributed by atoms with Gasteiger partial charge < -0.3 is 0 Å². The Morgan fingerprint density at radius 3 is 2.31 bits per heavy atom. The molecule has 2 aromatic rings. The summed E-state index contributed by atoms with van der Waals surface area (Å²) in [6, 6.07) is 8.61. The lowest BCUT2D eigenvalue weighted by atomic mass is 10.2. The predicted octanol–water partition coefficient (Wildman–Crippen LogP) is 5.59. The summed E-state index contributed by atoms with van der Waals surface area (Å²) in [5, 5.41) is 6.43. The highest BCUT2D eigenvalue weighted by molar-refractivity contribution is 8.81. The Bertz CT molecular complexity index is 517. The number of allylic oxidation sites excluding steroid dienone is 2. The SMILES string of the molecule is C1=CC(c2cccs2)=C(c2cccs2)SS1. The lowest BCUT2D eigenvalue weighted by Crippen LogP contribution is -1.83. The van der Waals surface area contributed by atoms with Gasteiger partial charge in [0, 0.05) is 20.2 Å². The van der Waals surface area contributed by atoms with Gasteiger partial charge in [-0.15, -0.1) is 22.7 Å². The molecule has 0 bridgehead atoms. The van der Waals surface area contributed by atoms with E-state index in [1.165, 1.54) is 20.2 Å². The third kappa shape index (κ3) is 2.02. The van der Waals surface area contributed by atoms with Crippen LogP contribution in [0.1, 0.15) is 9.75 Å². The van der Waals surface area contributed by atoms with Crippen LogP contribution in [-0.4, -0.2) is 0 Å². The maximum absolute atomic E-state index is 2.22.